The summed E-state index contributed by atoms with van der Waals surface area (Å²) in [4.78, 5) is 4.97. The van der Waals surface area contributed by atoms with Gasteiger partial charge < -0.3 is 4.90 Å². The molecule has 1 aliphatic carbocycles. The third-order valence-corrected chi connectivity index (χ3v) is 5.27. The van der Waals surface area contributed by atoms with E-state index in [1.54, 1.807) is 16.7 Å². The Morgan fingerprint density at radius 3 is 2.41 bits per heavy atom. The highest BCUT2D eigenvalue weighted by Gasteiger charge is 2.38. The van der Waals surface area contributed by atoms with Crippen molar-refractivity contribution in [3.8, 4) is 0 Å². The van der Waals surface area contributed by atoms with Crippen molar-refractivity contribution in [3.63, 3.8) is 0 Å². The minimum atomic E-state index is 0.577. The van der Waals surface area contributed by atoms with Crippen LogP contribution in [-0.2, 0) is 6.54 Å². The molecule has 2 unspecified atom stereocenters. The minimum Gasteiger partial charge on any atom is -0.308 e. The fourth-order valence-electron chi connectivity index (χ4n) is 4.16. The second-order valence-electron chi connectivity index (χ2n) is 6.91. The Hall–Kier alpha value is -1.64. The Labute approximate surface area is 133 Å². The number of nitrogens with zero attached hydrogens (tertiary/aromatic N) is 2. The standard InChI is InChI=1S/C20H24N2/c1-21(2)11-12-22-14-15-7-3-4-8-16(15)19-13-20(22)18-10-6-5-9-17(18)19/h3-10,19-20H,11-14H2,1-2H3. The van der Waals surface area contributed by atoms with E-state index < -0.39 is 0 Å². The lowest BCUT2D eigenvalue weighted by molar-refractivity contribution is 0.173. The zero-order chi connectivity index (χ0) is 15.1. The molecule has 0 N–H and O–H groups in total. The molecule has 22 heavy (non-hydrogen) atoms. The predicted octanol–water partition coefficient (Wildman–Crippen LogP) is 3.64. The minimum absolute atomic E-state index is 0.577. The van der Waals surface area contributed by atoms with Gasteiger partial charge in [-0.2, -0.15) is 0 Å². The smallest absolute Gasteiger partial charge is 0.0364 e. The first-order valence-electron chi connectivity index (χ1n) is 8.29. The molecular formula is C20H24N2. The second-order valence-corrected chi connectivity index (χ2v) is 6.91. The number of likely N-dealkylation sites (N-methyl/N-ethyl adjacent to an activating group) is 1. The van der Waals surface area contributed by atoms with Crippen LogP contribution >= 0.6 is 0 Å². The van der Waals surface area contributed by atoms with Crippen molar-refractivity contribution in [1.82, 2.24) is 9.80 Å². The molecule has 0 amide bonds. The summed E-state index contributed by atoms with van der Waals surface area (Å²) in [5, 5.41) is 0. The summed E-state index contributed by atoms with van der Waals surface area (Å²) < 4.78 is 0. The Morgan fingerprint density at radius 2 is 1.64 bits per heavy atom. The zero-order valence-corrected chi connectivity index (χ0v) is 13.5. The number of hydrogen-bond acceptors (Lipinski definition) is 2. The number of benzene rings is 2. The van der Waals surface area contributed by atoms with Crippen LogP contribution in [0.3, 0.4) is 0 Å². The normalized spacial score (nSPS) is 23.2. The third kappa shape index (κ3) is 2.27. The number of fused-ring (bicyclic) bond motifs is 7. The highest BCUT2D eigenvalue weighted by molar-refractivity contribution is 5.48. The van der Waals surface area contributed by atoms with Gasteiger partial charge >= 0.3 is 0 Å². The van der Waals surface area contributed by atoms with Crippen LogP contribution in [0.4, 0.5) is 0 Å². The highest BCUT2D eigenvalue weighted by atomic mass is 15.2. The monoisotopic (exact) mass is 292 g/mol. The van der Waals surface area contributed by atoms with E-state index in [4.69, 9.17) is 0 Å². The lowest BCUT2D eigenvalue weighted by Crippen LogP contribution is -2.33. The first-order valence-corrected chi connectivity index (χ1v) is 8.29. The largest absolute Gasteiger partial charge is 0.308 e. The van der Waals surface area contributed by atoms with Gasteiger partial charge in [0, 0.05) is 31.6 Å². The average Bonchev–Trinajstić information content (AvgIpc) is 2.81. The molecule has 2 aliphatic rings. The zero-order valence-electron chi connectivity index (χ0n) is 13.5. The Morgan fingerprint density at radius 1 is 0.955 bits per heavy atom. The molecule has 2 aromatic rings. The molecule has 2 nitrogen and oxygen atoms in total. The van der Waals surface area contributed by atoms with Gasteiger partial charge in [0.1, 0.15) is 0 Å². The summed E-state index contributed by atoms with van der Waals surface area (Å²) in [6.07, 6.45) is 1.24. The summed E-state index contributed by atoms with van der Waals surface area (Å²) in [6, 6.07) is 18.7. The second kappa shape index (κ2) is 5.53. The Balaban J connectivity index is 1.78. The summed E-state index contributed by atoms with van der Waals surface area (Å²) in [7, 11) is 4.33. The van der Waals surface area contributed by atoms with Crippen molar-refractivity contribution in [2.45, 2.75) is 24.9 Å². The van der Waals surface area contributed by atoms with E-state index in [0.29, 0.717) is 12.0 Å². The molecule has 2 atom stereocenters. The van der Waals surface area contributed by atoms with E-state index in [2.05, 4.69) is 72.4 Å². The molecule has 0 radical (unpaired) electrons. The van der Waals surface area contributed by atoms with Crippen molar-refractivity contribution in [1.29, 1.82) is 0 Å². The lowest BCUT2D eigenvalue weighted by Gasteiger charge is -2.30. The quantitative estimate of drug-likeness (QED) is 0.852. The van der Waals surface area contributed by atoms with Crippen LogP contribution in [0.15, 0.2) is 48.5 Å². The van der Waals surface area contributed by atoms with E-state index in [9.17, 15) is 0 Å². The average molecular weight is 292 g/mol. The SMILES string of the molecule is CN(C)CCN1Cc2ccccc2C2CC1c1ccccc12. The first-order chi connectivity index (χ1) is 10.7. The van der Waals surface area contributed by atoms with E-state index in [0.717, 1.165) is 19.6 Å². The molecule has 2 aromatic carbocycles. The van der Waals surface area contributed by atoms with Crippen LogP contribution in [-0.4, -0.2) is 37.0 Å². The van der Waals surface area contributed by atoms with Crippen LogP contribution in [0.1, 0.15) is 40.6 Å². The van der Waals surface area contributed by atoms with Crippen LogP contribution in [0.5, 0.6) is 0 Å². The molecule has 4 rings (SSSR count). The van der Waals surface area contributed by atoms with Crippen LogP contribution in [0, 0.1) is 0 Å². The molecular weight excluding hydrogens is 268 g/mol. The van der Waals surface area contributed by atoms with Gasteiger partial charge in [0.2, 0.25) is 0 Å². The molecule has 0 saturated carbocycles. The van der Waals surface area contributed by atoms with E-state index in [-0.39, 0.29) is 0 Å². The molecule has 1 heterocycles. The summed E-state index contributed by atoms with van der Waals surface area (Å²) in [5.41, 5.74) is 6.17. The molecule has 1 aliphatic heterocycles. The summed E-state index contributed by atoms with van der Waals surface area (Å²) in [6.45, 7) is 3.33. The van der Waals surface area contributed by atoms with Gasteiger partial charge in [0.15, 0.2) is 0 Å². The van der Waals surface area contributed by atoms with Crippen molar-refractivity contribution in [2.75, 3.05) is 27.2 Å². The van der Waals surface area contributed by atoms with E-state index in [1.807, 2.05) is 0 Å². The summed E-state index contributed by atoms with van der Waals surface area (Å²) in [5.74, 6) is 0.585. The van der Waals surface area contributed by atoms with Crippen molar-refractivity contribution < 1.29 is 0 Å². The van der Waals surface area contributed by atoms with Crippen LogP contribution in [0.2, 0.25) is 0 Å². The van der Waals surface area contributed by atoms with Gasteiger partial charge in [-0.05, 0) is 42.8 Å². The van der Waals surface area contributed by atoms with Crippen LogP contribution < -0.4 is 0 Å². The molecule has 2 heteroatoms. The maximum atomic E-state index is 2.69. The van der Waals surface area contributed by atoms with Gasteiger partial charge in [-0.25, -0.2) is 0 Å². The number of hydrogen-bond donors (Lipinski definition) is 0. The van der Waals surface area contributed by atoms with Gasteiger partial charge in [-0.15, -0.1) is 0 Å². The molecule has 0 spiro atoms. The van der Waals surface area contributed by atoms with Gasteiger partial charge in [-0.3, -0.25) is 4.90 Å². The van der Waals surface area contributed by atoms with Gasteiger partial charge in [-0.1, -0.05) is 48.5 Å². The number of rotatable bonds is 3. The Kier molecular flexibility index (Phi) is 3.51. The summed E-state index contributed by atoms with van der Waals surface area (Å²) >= 11 is 0. The van der Waals surface area contributed by atoms with Crippen molar-refractivity contribution >= 4 is 0 Å². The van der Waals surface area contributed by atoms with E-state index in [1.165, 1.54) is 12.0 Å². The molecule has 0 saturated heterocycles. The topological polar surface area (TPSA) is 6.48 Å². The maximum Gasteiger partial charge on any atom is 0.0364 e. The lowest BCUT2D eigenvalue weighted by atomic mass is 9.89. The maximum absolute atomic E-state index is 2.69. The van der Waals surface area contributed by atoms with Crippen molar-refractivity contribution in [3.05, 3.63) is 70.8 Å². The first kappa shape index (κ1) is 14.0. The fraction of sp³-hybridized carbons (Fsp3) is 0.400. The molecule has 114 valence electrons. The molecule has 0 fully saturated rings. The Bertz CT molecular complexity index is 677. The predicted molar refractivity (Wildman–Crippen MR) is 91.0 cm³/mol. The van der Waals surface area contributed by atoms with Crippen LogP contribution in [0.25, 0.3) is 0 Å². The van der Waals surface area contributed by atoms with Crippen molar-refractivity contribution in [2.24, 2.45) is 0 Å². The molecule has 0 aromatic heterocycles. The molecule has 2 bridgehead atoms. The highest BCUT2D eigenvalue weighted by Crippen LogP contribution is 2.50. The fourth-order valence-corrected chi connectivity index (χ4v) is 4.16. The van der Waals surface area contributed by atoms with Gasteiger partial charge in [0.25, 0.3) is 0 Å². The third-order valence-electron chi connectivity index (χ3n) is 5.27. The van der Waals surface area contributed by atoms with E-state index >= 15 is 0 Å². The van der Waals surface area contributed by atoms with Gasteiger partial charge in [0.05, 0.1) is 0 Å².